The first kappa shape index (κ1) is 10.9. The lowest BCUT2D eigenvalue weighted by Gasteiger charge is -2.00. The Morgan fingerprint density at radius 3 is 2.80 bits per heavy atom. The zero-order chi connectivity index (χ0) is 10.8. The van der Waals surface area contributed by atoms with Crippen molar-refractivity contribution in [3.63, 3.8) is 0 Å². The first-order valence-electron chi connectivity index (χ1n) is 4.81. The van der Waals surface area contributed by atoms with Crippen molar-refractivity contribution in [1.29, 1.82) is 0 Å². The lowest BCUT2D eigenvalue weighted by Crippen LogP contribution is -1.91. The molecule has 0 aliphatic heterocycles. The number of thiazole rings is 1. The molecule has 0 atom stereocenters. The topological polar surface area (TPSA) is 26.0 Å². The Morgan fingerprint density at radius 2 is 2.33 bits per heavy atom. The fraction of sp³-hybridized carbons (Fsp3) is 0.364. The fourth-order valence-corrected chi connectivity index (χ4v) is 3.08. The third-order valence-corrected chi connectivity index (χ3v) is 4.15. The average molecular weight is 286 g/mol. The largest absolute Gasteiger partial charge is 0.462 e. The molecule has 4 heteroatoms. The molecular weight excluding hydrogens is 274 g/mol. The number of alkyl halides is 1. The van der Waals surface area contributed by atoms with E-state index in [1.165, 1.54) is 10.6 Å². The van der Waals surface area contributed by atoms with Crippen LogP contribution in [0.2, 0.25) is 0 Å². The Bertz CT molecular complexity index is 433. The minimum atomic E-state index is 0.456. The molecule has 0 spiro atoms. The van der Waals surface area contributed by atoms with Crippen molar-refractivity contribution < 1.29 is 4.42 Å². The van der Waals surface area contributed by atoms with Crippen LogP contribution in [0, 0.1) is 0 Å². The minimum Gasteiger partial charge on any atom is -0.462 e. The molecule has 0 N–H and O–H groups in total. The van der Waals surface area contributed by atoms with Gasteiger partial charge in [-0.15, -0.1) is 11.3 Å². The summed E-state index contributed by atoms with van der Waals surface area (Å²) >= 11 is 5.19. The van der Waals surface area contributed by atoms with E-state index in [1.807, 2.05) is 12.1 Å². The molecule has 2 rings (SSSR count). The maximum absolute atomic E-state index is 5.34. The summed E-state index contributed by atoms with van der Waals surface area (Å²) in [6.07, 6.45) is 1.68. The molecule has 80 valence electrons. The van der Waals surface area contributed by atoms with Crippen LogP contribution < -0.4 is 0 Å². The molecule has 2 nitrogen and oxygen atoms in total. The summed E-state index contributed by atoms with van der Waals surface area (Å²) in [6.45, 7) is 4.32. The molecule has 0 fully saturated rings. The average Bonchev–Trinajstić information content (AvgIpc) is 2.86. The Hall–Kier alpha value is -0.610. The maximum atomic E-state index is 5.34. The molecule has 0 aliphatic rings. The monoisotopic (exact) mass is 285 g/mol. The lowest BCUT2D eigenvalue weighted by atomic mass is 10.1. The summed E-state index contributed by atoms with van der Waals surface area (Å²) in [5.74, 6) is 1.31. The van der Waals surface area contributed by atoms with E-state index in [2.05, 4.69) is 34.8 Å². The van der Waals surface area contributed by atoms with Crippen LogP contribution in [0.15, 0.2) is 22.8 Å². The predicted molar refractivity (Wildman–Crippen MR) is 66.5 cm³/mol. The van der Waals surface area contributed by atoms with Crippen molar-refractivity contribution in [2.75, 3.05) is 0 Å². The van der Waals surface area contributed by atoms with E-state index >= 15 is 0 Å². The van der Waals surface area contributed by atoms with Gasteiger partial charge in [0.15, 0.2) is 10.8 Å². The van der Waals surface area contributed by atoms with Gasteiger partial charge in [-0.2, -0.15) is 0 Å². The van der Waals surface area contributed by atoms with E-state index in [0.717, 1.165) is 16.1 Å². The summed E-state index contributed by atoms with van der Waals surface area (Å²) < 4.78 is 5.34. The van der Waals surface area contributed by atoms with Crippen molar-refractivity contribution in [3.8, 4) is 10.8 Å². The second kappa shape index (κ2) is 4.49. The highest BCUT2D eigenvalue weighted by molar-refractivity contribution is 9.08. The van der Waals surface area contributed by atoms with Gasteiger partial charge in [-0.1, -0.05) is 29.8 Å². The zero-order valence-corrected chi connectivity index (χ0v) is 11.1. The number of rotatable bonds is 3. The highest BCUT2D eigenvalue weighted by Crippen LogP contribution is 2.33. The lowest BCUT2D eigenvalue weighted by molar-refractivity contribution is 0.581. The second-order valence-electron chi connectivity index (χ2n) is 3.59. The van der Waals surface area contributed by atoms with Crippen LogP contribution >= 0.6 is 27.3 Å². The molecule has 0 amide bonds. The summed E-state index contributed by atoms with van der Waals surface area (Å²) in [5, 5.41) is 1.83. The molecule has 0 unspecified atom stereocenters. The van der Waals surface area contributed by atoms with Crippen LogP contribution in [0.25, 0.3) is 10.8 Å². The maximum Gasteiger partial charge on any atom is 0.162 e. The van der Waals surface area contributed by atoms with Gasteiger partial charge < -0.3 is 4.42 Å². The summed E-state index contributed by atoms with van der Waals surface area (Å²) in [7, 11) is 0. The SMILES string of the molecule is CC(C)c1nc(-c2ccco2)sc1CBr. The van der Waals surface area contributed by atoms with Crippen molar-refractivity contribution in [2.24, 2.45) is 0 Å². The molecule has 0 saturated carbocycles. The Kier molecular flexibility index (Phi) is 3.26. The van der Waals surface area contributed by atoms with Gasteiger partial charge in [-0.25, -0.2) is 4.98 Å². The molecule has 0 saturated heterocycles. The molecule has 0 bridgehead atoms. The number of aromatic nitrogens is 1. The quantitative estimate of drug-likeness (QED) is 0.780. The summed E-state index contributed by atoms with van der Waals surface area (Å²) in [5.41, 5.74) is 1.17. The second-order valence-corrected chi connectivity index (χ2v) is 5.24. The van der Waals surface area contributed by atoms with E-state index in [-0.39, 0.29) is 0 Å². The van der Waals surface area contributed by atoms with Gasteiger partial charge >= 0.3 is 0 Å². The zero-order valence-electron chi connectivity index (χ0n) is 8.66. The van der Waals surface area contributed by atoms with Crippen molar-refractivity contribution in [1.82, 2.24) is 4.98 Å². The predicted octanol–water partition coefficient (Wildman–Crippen LogP) is 4.42. The van der Waals surface area contributed by atoms with Gasteiger partial charge in [0.1, 0.15) is 0 Å². The van der Waals surface area contributed by atoms with Crippen molar-refractivity contribution in [3.05, 3.63) is 29.0 Å². The molecule has 2 heterocycles. The number of nitrogens with zero attached hydrogens (tertiary/aromatic N) is 1. The van der Waals surface area contributed by atoms with Gasteiger partial charge in [0, 0.05) is 10.2 Å². The van der Waals surface area contributed by atoms with E-state index in [1.54, 1.807) is 17.6 Å². The van der Waals surface area contributed by atoms with Crippen molar-refractivity contribution >= 4 is 27.3 Å². The first-order chi connectivity index (χ1) is 7.22. The molecule has 2 aromatic heterocycles. The molecule has 15 heavy (non-hydrogen) atoms. The number of halogens is 1. The first-order valence-corrected chi connectivity index (χ1v) is 6.75. The number of hydrogen-bond donors (Lipinski definition) is 0. The minimum absolute atomic E-state index is 0.456. The van der Waals surface area contributed by atoms with E-state index in [9.17, 15) is 0 Å². The normalized spacial score (nSPS) is 11.2. The van der Waals surface area contributed by atoms with Crippen LogP contribution in [0.1, 0.15) is 30.3 Å². The highest BCUT2D eigenvalue weighted by Gasteiger charge is 2.15. The molecule has 0 radical (unpaired) electrons. The van der Waals surface area contributed by atoms with Crippen LogP contribution in [0.4, 0.5) is 0 Å². The fourth-order valence-electron chi connectivity index (χ4n) is 1.42. The Balaban J connectivity index is 2.43. The van der Waals surface area contributed by atoms with Gasteiger partial charge in [0.05, 0.1) is 12.0 Å². The third-order valence-electron chi connectivity index (χ3n) is 2.13. The molecule has 0 aliphatic carbocycles. The molecule has 0 aromatic carbocycles. The Morgan fingerprint density at radius 1 is 1.53 bits per heavy atom. The number of furan rings is 1. The van der Waals surface area contributed by atoms with Crippen molar-refractivity contribution in [2.45, 2.75) is 25.1 Å². The number of hydrogen-bond acceptors (Lipinski definition) is 3. The summed E-state index contributed by atoms with van der Waals surface area (Å²) in [4.78, 5) is 5.91. The smallest absolute Gasteiger partial charge is 0.162 e. The summed E-state index contributed by atoms with van der Waals surface area (Å²) in [6, 6.07) is 3.83. The molecular formula is C11H12BrNOS. The van der Waals surface area contributed by atoms with Crippen LogP contribution in [0.5, 0.6) is 0 Å². The van der Waals surface area contributed by atoms with Gasteiger partial charge in [0.25, 0.3) is 0 Å². The standard InChI is InChI=1S/C11H12BrNOS/c1-7(2)10-9(6-12)15-11(13-10)8-4-3-5-14-8/h3-5,7H,6H2,1-2H3. The van der Waals surface area contributed by atoms with E-state index in [4.69, 9.17) is 4.42 Å². The third kappa shape index (κ3) is 2.16. The Labute approximate surface area is 101 Å². The van der Waals surface area contributed by atoms with Gasteiger partial charge in [-0.05, 0) is 18.1 Å². The van der Waals surface area contributed by atoms with E-state index < -0.39 is 0 Å². The van der Waals surface area contributed by atoms with Gasteiger partial charge in [0.2, 0.25) is 0 Å². The van der Waals surface area contributed by atoms with E-state index in [0.29, 0.717) is 5.92 Å². The highest BCUT2D eigenvalue weighted by atomic mass is 79.9. The van der Waals surface area contributed by atoms with Gasteiger partial charge in [-0.3, -0.25) is 0 Å². The van der Waals surface area contributed by atoms with Crippen LogP contribution in [-0.4, -0.2) is 4.98 Å². The van der Waals surface area contributed by atoms with Crippen LogP contribution in [-0.2, 0) is 5.33 Å². The van der Waals surface area contributed by atoms with Crippen LogP contribution in [0.3, 0.4) is 0 Å². The molecule has 2 aromatic rings.